The van der Waals surface area contributed by atoms with Crippen LogP contribution in [0.25, 0.3) is 0 Å². The van der Waals surface area contributed by atoms with Gasteiger partial charge in [-0.25, -0.2) is 4.98 Å². The molecule has 2 atom stereocenters. The summed E-state index contributed by atoms with van der Waals surface area (Å²) in [6.07, 6.45) is 8.61. The third-order valence-corrected chi connectivity index (χ3v) is 7.74. The van der Waals surface area contributed by atoms with Gasteiger partial charge in [0.05, 0.1) is 12.1 Å². The van der Waals surface area contributed by atoms with Crippen LogP contribution in [0.5, 0.6) is 0 Å². The fourth-order valence-corrected chi connectivity index (χ4v) is 5.84. The van der Waals surface area contributed by atoms with Crippen LogP contribution in [-0.4, -0.2) is 66.6 Å². The molecule has 0 unspecified atom stereocenters. The van der Waals surface area contributed by atoms with Gasteiger partial charge in [-0.1, -0.05) is 0 Å². The summed E-state index contributed by atoms with van der Waals surface area (Å²) in [6.45, 7) is 3.40. The molecule has 4 aliphatic rings. The number of pyridine rings is 1. The molecule has 1 aliphatic carbocycles. The molecular formula is C23H31FN4O3. The molecular weight excluding hydrogens is 399 g/mol. The van der Waals surface area contributed by atoms with Crippen molar-refractivity contribution in [1.29, 1.82) is 0 Å². The topological polar surface area (TPSA) is 74.8 Å². The van der Waals surface area contributed by atoms with Crippen molar-refractivity contribution in [2.24, 2.45) is 11.3 Å². The first kappa shape index (κ1) is 20.7. The minimum atomic E-state index is -0.422. The number of ether oxygens (including phenoxy) is 1. The van der Waals surface area contributed by atoms with Gasteiger partial charge in [-0.3, -0.25) is 9.59 Å². The molecule has 168 valence electrons. The Morgan fingerprint density at radius 3 is 2.87 bits per heavy atom. The van der Waals surface area contributed by atoms with Gasteiger partial charge in [-0.05, 0) is 50.5 Å². The minimum Gasteiger partial charge on any atom is -0.370 e. The van der Waals surface area contributed by atoms with Crippen molar-refractivity contribution < 1.29 is 18.7 Å². The number of hydrogen-bond donors (Lipinski definition) is 1. The summed E-state index contributed by atoms with van der Waals surface area (Å²) >= 11 is 0. The van der Waals surface area contributed by atoms with Crippen LogP contribution in [0.4, 0.5) is 10.1 Å². The number of carbonyl (C=O) groups excluding carboxylic acids is 2. The van der Waals surface area contributed by atoms with Crippen molar-refractivity contribution in [3.8, 4) is 0 Å². The first-order chi connectivity index (χ1) is 15.0. The first-order valence-electron chi connectivity index (χ1n) is 11.5. The molecule has 31 heavy (non-hydrogen) atoms. The number of halogens is 1. The number of morpholine rings is 1. The highest BCUT2D eigenvalue weighted by atomic mass is 19.1. The number of piperidine rings is 1. The van der Waals surface area contributed by atoms with Crippen LogP contribution in [0, 0.1) is 17.3 Å². The lowest BCUT2D eigenvalue weighted by Crippen LogP contribution is -2.61. The summed E-state index contributed by atoms with van der Waals surface area (Å²) in [7, 11) is 0. The molecule has 0 aromatic carbocycles. The van der Waals surface area contributed by atoms with Crippen LogP contribution < -0.4 is 10.2 Å². The predicted octanol–water partition coefficient (Wildman–Crippen LogP) is 2.11. The Labute approximate surface area is 182 Å². The molecule has 8 heteroatoms. The maximum atomic E-state index is 13.4. The second-order valence-electron chi connectivity index (χ2n) is 9.83. The third kappa shape index (κ3) is 4.40. The Balaban J connectivity index is 1.04. The van der Waals surface area contributed by atoms with Gasteiger partial charge >= 0.3 is 0 Å². The summed E-state index contributed by atoms with van der Waals surface area (Å²) in [5, 5.41) is 2.96. The van der Waals surface area contributed by atoms with Crippen molar-refractivity contribution in [2.45, 2.75) is 57.1 Å². The van der Waals surface area contributed by atoms with E-state index >= 15 is 0 Å². The second-order valence-corrected chi connectivity index (χ2v) is 9.83. The van der Waals surface area contributed by atoms with Crippen LogP contribution in [0.3, 0.4) is 0 Å². The normalized spacial score (nSPS) is 28.1. The molecule has 3 saturated heterocycles. The fraction of sp³-hybridized carbons (Fsp3) is 0.696. The van der Waals surface area contributed by atoms with Crippen LogP contribution >= 0.6 is 0 Å². The molecule has 7 nitrogen and oxygen atoms in total. The lowest BCUT2D eigenvalue weighted by Gasteiger charge is -2.54. The average Bonchev–Trinajstić information content (AvgIpc) is 2.75. The number of likely N-dealkylation sites (tertiary alicyclic amines) is 1. The Morgan fingerprint density at radius 1 is 1.29 bits per heavy atom. The zero-order valence-corrected chi connectivity index (χ0v) is 17.9. The third-order valence-electron chi connectivity index (χ3n) is 7.74. The molecule has 1 aromatic heterocycles. The quantitative estimate of drug-likeness (QED) is 0.741. The van der Waals surface area contributed by atoms with E-state index in [1.165, 1.54) is 37.9 Å². The smallest absolute Gasteiger partial charge is 0.246 e. The molecule has 3 aliphatic heterocycles. The SMILES string of the molecule is O=C1CO[C@H]2CCN(C(=O)CCC3CCC4(CC3)CN(c3ccnc(F)c3)C4)C[C@H]2N1. The van der Waals surface area contributed by atoms with Crippen molar-refractivity contribution >= 4 is 17.5 Å². The molecule has 5 rings (SSSR count). The number of aromatic nitrogens is 1. The highest BCUT2D eigenvalue weighted by Gasteiger charge is 2.45. The number of hydrogen-bond acceptors (Lipinski definition) is 5. The van der Waals surface area contributed by atoms with Crippen LogP contribution in [0.1, 0.15) is 44.9 Å². The molecule has 1 N–H and O–H groups in total. The van der Waals surface area contributed by atoms with E-state index in [1.54, 1.807) is 0 Å². The lowest BCUT2D eigenvalue weighted by molar-refractivity contribution is -0.146. The fourth-order valence-electron chi connectivity index (χ4n) is 5.84. The van der Waals surface area contributed by atoms with E-state index in [2.05, 4.69) is 15.2 Å². The van der Waals surface area contributed by atoms with E-state index in [4.69, 9.17) is 4.74 Å². The number of rotatable bonds is 4. The van der Waals surface area contributed by atoms with E-state index in [1.807, 2.05) is 11.0 Å². The van der Waals surface area contributed by atoms with Gasteiger partial charge in [0.15, 0.2) is 0 Å². The Morgan fingerprint density at radius 2 is 2.10 bits per heavy atom. The van der Waals surface area contributed by atoms with E-state index < -0.39 is 5.95 Å². The maximum Gasteiger partial charge on any atom is 0.246 e. The van der Waals surface area contributed by atoms with E-state index in [0.29, 0.717) is 24.3 Å². The van der Waals surface area contributed by atoms with Gasteiger partial charge in [0.25, 0.3) is 0 Å². The monoisotopic (exact) mass is 430 g/mol. The molecule has 4 heterocycles. The minimum absolute atomic E-state index is 0.0435. The average molecular weight is 431 g/mol. The Kier molecular flexibility index (Phi) is 5.58. The van der Waals surface area contributed by atoms with E-state index in [9.17, 15) is 14.0 Å². The molecule has 4 fully saturated rings. The van der Waals surface area contributed by atoms with Gasteiger partial charge < -0.3 is 19.9 Å². The van der Waals surface area contributed by atoms with Gasteiger partial charge in [0.1, 0.15) is 6.61 Å². The molecule has 0 radical (unpaired) electrons. The first-order valence-corrected chi connectivity index (χ1v) is 11.5. The van der Waals surface area contributed by atoms with Gasteiger partial charge in [-0.2, -0.15) is 4.39 Å². The van der Waals surface area contributed by atoms with Gasteiger partial charge in [0.2, 0.25) is 17.8 Å². The number of anilines is 1. The zero-order valence-electron chi connectivity index (χ0n) is 17.9. The van der Waals surface area contributed by atoms with E-state index in [0.717, 1.165) is 38.2 Å². The number of nitrogens with zero attached hydrogens (tertiary/aromatic N) is 3. The number of amides is 2. The summed E-state index contributed by atoms with van der Waals surface area (Å²) in [5.74, 6) is 0.301. The van der Waals surface area contributed by atoms with E-state index in [-0.39, 0.29) is 30.6 Å². The molecule has 1 spiro atoms. The largest absolute Gasteiger partial charge is 0.370 e. The Hall–Kier alpha value is -2.22. The van der Waals surface area contributed by atoms with Crippen molar-refractivity contribution in [3.05, 3.63) is 24.3 Å². The van der Waals surface area contributed by atoms with Gasteiger partial charge in [-0.15, -0.1) is 0 Å². The maximum absolute atomic E-state index is 13.4. The summed E-state index contributed by atoms with van der Waals surface area (Å²) < 4.78 is 18.9. The van der Waals surface area contributed by atoms with Crippen molar-refractivity contribution in [2.75, 3.05) is 37.7 Å². The van der Waals surface area contributed by atoms with Gasteiger partial charge in [0, 0.05) is 56.0 Å². The second kappa shape index (κ2) is 8.37. The number of carbonyl (C=O) groups is 2. The summed E-state index contributed by atoms with van der Waals surface area (Å²) in [6, 6.07) is 3.32. The summed E-state index contributed by atoms with van der Waals surface area (Å²) in [4.78, 5) is 32.1. The molecule has 0 bridgehead atoms. The zero-order chi connectivity index (χ0) is 21.4. The van der Waals surface area contributed by atoms with Crippen LogP contribution in [0.2, 0.25) is 0 Å². The van der Waals surface area contributed by atoms with Crippen LogP contribution in [0.15, 0.2) is 18.3 Å². The predicted molar refractivity (Wildman–Crippen MR) is 113 cm³/mol. The standard InChI is InChI=1S/C23H31FN4O3/c24-20-11-17(5-9-25-20)28-14-23(15-28)7-3-16(4-8-23)1-2-22(30)27-10-6-19-18(12-27)26-21(29)13-31-19/h5,9,11,16,18-19H,1-4,6-8,10,12-15H2,(H,26,29)/t18-,19+/m1/s1. The Bertz CT molecular complexity index is 834. The summed E-state index contributed by atoms with van der Waals surface area (Å²) in [5.41, 5.74) is 1.29. The highest BCUT2D eigenvalue weighted by molar-refractivity contribution is 5.79. The molecule has 1 saturated carbocycles. The lowest BCUT2D eigenvalue weighted by atomic mass is 9.65. The number of fused-ring (bicyclic) bond motifs is 1. The number of nitrogens with one attached hydrogen (secondary N) is 1. The molecule has 1 aromatic rings. The van der Waals surface area contributed by atoms with Crippen molar-refractivity contribution in [3.63, 3.8) is 0 Å². The molecule has 2 amide bonds. The highest BCUT2D eigenvalue weighted by Crippen LogP contribution is 2.47. The van der Waals surface area contributed by atoms with Crippen molar-refractivity contribution in [1.82, 2.24) is 15.2 Å². The van der Waals surface area contributed by atoms with Crippen LogP contribution in [-0.2, 0) is 14.3 Å².